The van der Waals surface area contributed by atoms with Gasteiger partial charge in [-0.05, 0) is 25.1 Å². The summed E-state index contributed by atoms with van der Waals surface area (Å²) in [6, 6.07) is 6.50. The van der Waals surface area contributed by atoms with E-state index in [2.05, 4.69) is 0 Å². The number of aliphatic hydroxyl groups is 9. The lowest BCUT2D eigenvalue weighted by Gasteiger charge is -2.42. The average molecular weight is 743 g/mol. The molecule has 0 spiro atoms. The second kappa shape index (κ2) is 17.3. The van der Waals surface area contributed by atoms with Gasteiger partial charge in [0, 0.05) is 17.7 Å². The van der Waals surface area contributed by atoms with Gasteiger partial charge in [0.2, 0.25) is 17.5 Å². The Kier molecular flexibility index (Phi) is 13.1. The molecule has 19 nitrogen and oxygen atoms in total. The van der Waals surface area contributed by atoms with Crippen molar-refractivity contribution in [1.82, 2.24) is 0 Å². The third-order valence-electron chi connectivity index (χ3n) is 8.31. The van der Waals surface area contributed by atoms with Crippen LogP contribution in [0.1, 0.15) is 6.92 Å². The minimum absolute atomic E-state index is 0.0164. The number of fused-ring (bicyclic) bond motifs is 1. The number of benzene rings is 2. The molecule has 0 saturated carbocycles. The maximum Gasteiger partial charge on any atom is 0.239 e. The Morgan fingerprint density at radius 3 is 2.02 bits per heavy atom. The van der Waals surface area contributed by atoms with Crippen molar-refractivity contribution in [3.8, 4) is 40.1 Å². The second-order valence-corrected chi connectivity index (χ2v) is 11.9. The van der Waals surface area contributed by atoms with Crippen LogP contribution in [0.3, 0.4) is 0 Å². The van der Waals surface area contributed by atoms with E-state index in [1.165, 1.54) is 31.2 Å². The minimum Gasteiger partial charge on any atom is -0.504 e. The average Bonchev–Trinajstić information content (AvgIpc) is 3.13. The summed E-state index contributed by atoms with van der Waals surface area (Å²) in [6.07, 6.45) is -16.3. The molecule has 3 aromatic rings. The number of hydrogen-bond acceptors (Lipinski definition) is 19. The Balaban J connectivity index is 1.55. The van der Waals surface area contributed by atoms with Crippen molar-refractivity contribution < 1.29 is 88.6 Å². The lowest BCUT2D eigenvalue weighted by molar-refractivity contribution is -0.318. The van der Waals surface area contributed by atoms with E-state index in [0.29, 0.717) is 0 Å². The fourth-order valence-corrected chi connectivity index (χ4v) is 5.60. The first-order valence-corrected chi connectivity index (χ1v) is 16.3. The standard InChI is InChI=1S/C33H42O19/c1-14-23(38)26(41)28(43)32(49-14)48-13-21-24(39)27(42)29(44)33(51-21)52-31-25(40)22-19(47-9-6-36)11-16(45-7-4-34)12-20(22)50-30(31)15-2-3-18(17(37)10-15)46-8-5-35/h2-3,10-12,14,21,23-24,26-29,32-39,41-44H,4-9,13H2,1H3/t14-,21+,23+,24-,26+,27-,28+,29+,32+,33-/m0/s1. The number of phenolic OH excluding ortho intramolecular Hbond substituents is 1. The van der Waals surface area contributed by atoms with Crippen LogP contribution in [0.4, 0.5) is 0 Å². The lowest BCUT2D eigenvalue weighted by Crippen LogP contribution is -2.61. The van der Waals surface area contributed by atoms with Gasteiger partial charge in [0.1, 0.15) is 85.0 Å². The highest BCUT2D eigenvalue weighted by Gasteiger charge is 2.48. The zero-order chi connectivity index (χ0) is 37.7. The maximum absolute atomic E-state index is 14.3. The highest BCUT2D eigenvalue weighted by Crippen LogP contribution is 2.40. The second-order valence-electron chi connectivity index (χ2n) is 11.9. The van der Waals surface area contributed by atoms with Crippen LogP contribution in [0.2, 0.25) is 0 Å². The number of rotatable bonds is 15. The molecular formula is C33H42O19. The van der Waals surface area contributed by atoms with Gasteiger partial charge in [-0.25, -0.2) is 0 Å². The Hall–Kier alpha value is -3.83. The normalized spacial score (nSPS) is 29.2. The summed E-state index contributed by atoms with van der Waals surface area (Å²) in [6.45, 7) is -0.826. The third kappa shape index (κ3) is 8.36. The lowest BCUT2D eigenvalue weighted by atomic mass is 9.98. The van der Waals surface area contributed by atoms with Crippen molar-refractivity contribution in [3.63, 3.8) is 0 Å². The first-order chi connectivity index (χ1) is 24.9. The van der Waals surface area contributed by atoms with Gasteiger partial charge < -0.3 is 88.6 Å². The van der Waals surface area contributed by atoms with E-state index in [9.17, 15) is 50.8 Å². The molecule has 2 fully saturated rings. The van der Waals surface area contributed by atoms with Crippen LogP contribution in [-0.4, -0.2) is 159 Å². The maximum atomic E-state index is 14.3. The molecule has 3 heterocycles. The predicted molar refractivity (Wildman–Crippen MR) is 173 cm³/mol. The van der Waals surface area contributed by atoms with Crippen molar-refractivity contribution in [3.05, 3.63) is 40.6 Å². The van der Waals surface area contributed by atoms with E-state index < -0.39 is 91.6 Å². The Bertz CT molecular complexity index is 1700. The third-order valence-corrected chi connectivity index (χ3v) is 8.31. The van der Waals surface area contributed by atoms with Crippen LogP contribution in [0.25, 0.3) is 22.3 Å². The van der Waals surface area contributed by atoms with Crippen molar-refractivity contribution in [2.75, 3.05) is 46.2 Å². The molecule has 10 N–H and O–H groups in total. The van der Waals surface area contributed by atoms with Gasteiger partial charge >= 0.3 is 0 Å². The summed E-state index contributed by atoms with van der Waals surface area (Å²) < 4.78 is 45.1. The Morgan fingerprint density at radius 1 is 0.712 bits per heavy atom. The monoisotopic (exact) mass is 742 g/mol. The Morgan fingerprint density at radius 2 is 1.35 bits per heavy atom. The van der Waals surface area contributed by atoms with Gasteiger partial charge in [-0.2, -0.15) is 0 Å². The highest BCUT2D eigenvalue weighted by molar-refractivity contribution is 5.89. The summed E-state index contributed by atoms with van der Waals surface area (Å²) in [5.41, 5.74) is -1.01. The van der Waals surface area contributed by atoms with Crippen LogP contribution in [0.15, 0.2) is 39.5 Å². The Labute approximate surface area is 294 Å². The van der Waals surface area contributed by atoms with Gasteiger partial charge in [-0.1, -0.05) is 0 Å². The van der Waals surface area contributed by atoms with E-state index in [1.54, 1.807) is 0 Å². The summed E-state index contributed by atoms with van der Waals surface area (Å²) >= 11 is 0. The van der Waals surface area contributed by atoms with Gasteiger partial charge in [0.05, 0.1) is 32.5 Å². The van der Waals surface area contributed by atoms with E-state index in [4.69, 9.17) is 42.7 Å². The van der Waals surface area contributed by atoms with Crippen LogP contribution in [0.5, 0.6) is 28.7 Å². The molecule has 0 aliphatic carbocycles. The van der Waals surface area contributed by atoms with Gasteiger partial charge in [0.15, 0.2) is 23.5 Å². The largest absolute Gasteiger partial charge is 0.504 e. The highest BCUT2D eigenvalue weighted by atomic mass is 16.7. The predicted octanol–water partition coefficient (Wildman–Crippen LogP) is -2.69. The summed E-state index contributed by atoms with van der Waals surface area (Å²) in [5.74, 6) is -1.41. The number of ether oxygens (including phenoxy) is 7. The number of aliphatic hydroxyl groups excluding tert-OH is 9. The molecule has 1 aromatic heterocycles. The van der Waals surface area contributed by atoms with Crippen molar-refractivity contribution >= 4 is 11.0 Å². The molecule has 2 aliphatic heterocycles. The molecule has 5 rings (SSSR count). The molecule has 0 radical (unpaired) electrons. The van der Waals surface area contributed by atoms with Crippen molar-refractivity contribution in [2.45, 2.75) is 68.3 Å². The van der Waals surface area contributed by atoms with Crippen LogP contribution in [0, 0.1) is 0 Å². The van der Waals surface area contributed by atoms with Crippen LogP contribution < -0.4 is 24.4 Å². The first-order valence-electron chi connectivity index (χ1n) is 16.3. The zero-order valence-electron chi connectivity index (χ0n) is 27.8. The fourth-order valence-electron chi connectivity index (χ4n) is 5.60. The fraction of sp³-hybridized carbons (Fsp3) is 0.545. The van der Waals surface area contributed by atoms with Gasteiger partial charge in [0.25, 0.3) is 0 Å². The van der Waals surface area contributed by atoms with Crippen molar-refractivity contribution in [2.24, 2.45) is 0 Å². The number of hydrogen-bond donors (Lipinski definition) is 10. The van der Waals surface area contributed by atoms with Gasteiger partial charge in [-0.15, -0.1) is 0 Å². The topological polar surface area (TPSA) is 297 Å². The number of aromatic hydroxyl groups is 1. The smallest absolute Gasteiger partial charge is 0.239 e. The minimum atomic E-state index is -1.98. The summed E-state index contributed by atoms with van der Waals surface area (Å²) in [5, 5.41) is 101. The van der Waals surface area contributed by atoms with Crippen molar-refractivity contribution in [1.29, 1.82) is 0 Å². The SMILES string of the molecule is C[C@@H]1O[C@@H](OC[C@H]2O[C@@H](Oc3c(-c4ccc(OCCO)c(O)c4)oc4cc(OCCO)cc(OCCO)c4c3=O)[C@H](O)[C@@H](O)[C@H]2O)[C@H](O)[C@H](O)[C@@H]1O. The summed E-state index contributed by atoms with van der Waals surface area (Å²) in [4.78, 5) is 14.3. The molecule has 2 saturated heterocycles. The first kappa shape index (κ1) is 39.4. The molecule has 288 valence electrons. The molecule has 2 aromatic carbocycles. The molecule has 10 atom stereocenters. The van der Waals surface area contributed by atoms with E-state index in [-0.39, 0.29) is 72.6 Å². The molecule has 0 amide bonds. The van der Waals surface area contributed by atoms with Gasteiger partial charge in [-0.3, -0.25) is 4.79 Å². The van der Waals surface area contributed by atoms with E-state index in [0.717, 1.165) is 6.07 Å². The molecule has 2 aliphatic rings. The summed E-state index contributed by atoms with van der Waals surface area (Å²) in [7, 11) is 0. The quantitative estimate of drug-likeness (QED) is 0.0758. The zero-order valence-corrected chi connectivity index (χ0v) is 27.8. The number of phenols is 1. The van der Waals surface area contributed by atoms with Crippen LogP contribution in [-0.2, 0) is 14.2 Å². The molecule has 19 heteroatoms. The van der Waals surface area contributed by atoms with Crippen LogP contribution >= 0.6 is 0 Å². The molecule has 52 heavy (non-hydrogen) atoms. The molecular weight excluding hydrogens is 700 g/mol. The molecule has 0 bridgehead atoms. The molecule has 0 unspecified atom stereocenters. The van der Waals surface area contributed by atoms with E-state index in [1.807, 2.05) is 0 Å². The van der Waals surface area contributed by atoms with E-state index >= 15 is 0 Å².